The number of ketones is 1. The van der Waals surface area contributed by atoms with Crippen molar-refractivity contribution in [1.82, 2.24) is 0 Å². The molecule has 0 aromatic heterocycles. The van der Waals surface area contributed by atoms with Crippen molar-refractivity contribution in [3.63, 3.8) is 0 Å². The van der Waals surface area contributed by atoms with Crippen LogP contribution in [0.15, 0.2) is 0 Å². The summed E-state index contributed by atoms with van der Waals surface area (Å²) in [5.41, 5.74) is 0. The van der Waals surface area contributed by atoms with Crippen molar-refractivity contribution in [2.75, 3.05) is 6.61 Å². The molecule has 0 N–H and O–H groups in total. The van der Waals surface area contributed by atoms with Crippen LogP contribution in [0.3, 0.4) is 0 Å². The second-order valence-electron chi connectivity index (χ2n) is 4.14. The predicted molar refractivity (Wildman–Crippen MR) is 52.7 cm³/mol. The summed E-state index contributed by atoms with van der Waals surface area (Å²) in [6.07, 6.45) is 1.37. The largest absolute Gasteiger partial charge is 0.465 e. The van der Waals surface area contributed by atoms with Gasteiger partial charge < -0.3 is 4.74 Å². The topological polar surface area (TPSA) is 43.4 Å². The Morgan fingerprint density at radius 3 is 2.71 bits per heavy atom. The third kappa shape index (κ3) is 2.14. The molecule has 0 saturated heterocycles. The molecule has 1 aliphatic carbocycles. The summed E-state index contributed by atoms with van der Waals surface area (Å²) in [6, 6.07) is 0. The molecule has 1 aliphatic rings. The van der Waals surface area contributed by atoms with Crippen molar-refractivity contribution >= 4 is 11.8 Å². The second kappa shape index (κ2) is 4.58. The number of hydrogen-bond acceptors (Lipinski definition) is 3. The Hall–Kier alpha value is -0.860. The molecule has 0 amide bonds. The number of hydrogen-bond donors (Lipinski definition) is 0. The van der Waals surface area contributed by atoms with Crippen LogP contribution in [0.4, 0.5) is 0 Å². The van der Waals surface area contributed by atoms with E-state index < -0.39 is 5.92 Å². The molecule has 1 fully saturated rings. The van der Waals surface area contributed by atoms with Gasteiger partial charge in [-0.1, -0.05) is 13.8 Å². The van der Waals surface area contributed by atoms with Gasteiger partial charge in [0, 0.05) is 6.42 Å². The van der Waals surface area contributed by atoms with Crippen LogP contribution in [-0.4, -0.2) is 18.4 Å². The fourth-order valence-corrected chi connectivity index (χ4v) is 2.13. The molecule has 0 aliphatic heterocycles. The molecule has 3 heteroatoms. The Morgan fingerprint density at radius 1 is 1.57 bits per heavy atom. The van der Waals surface area contributed by atoms with E-state index in [0.29, 0.717) is 18.9 Å². The lowest BCUT2D eigenvalue weighted by atomic mass is 9.86. The van der Waals surface area contributed by atoms with Crippen LogP contribution >= 0.6 is 0 Å². The molecule has 3 nitrogen and oxygen atoms in total. The highest BCUT2D eigenvalue weighted by Crippen LogP contribution is 2.35. The van der Waals surface area contributed by atoms with E-state index in [1.807, 2.05) is 0 Å². The predicted octanol–water partition coefficient (Wildman–Crippen LogP) is 1.80. The first-order chi connectivity index (χ1) is 6.57. The van der Waals surface area contributed by atoms with Gasteiger partial charge in [0.1, 0.15) is 11.7 Å². The zero-order valence-electron chi connectivity index (χ0n) is 9.08. The van der Waals surface area contributed by atoms with Gasteiger partial charge in [-0.2, -0.15) is 0 Å². The Bertz CT molecular complexity index is 233. The normalized spacial score (nSPS) is 27.0. The summed E-state index contributed by atoms with van der Waals surface area (Å²) in [5.74, 6) is -0.205. The molecule has 0 bridgehead atoms. The second-order valence-corrected chi connectivity index (χ2v) is 4.14. The third-order valence-electron chi connectivity index (χ3n) is 2.90. The van der Waals surface area contributed by atoms with Gasteiger partial charge in [0.2, 0.25) is 0 Å². The molecule has 14 heavy (non-hydrogen) atoms. The number of rotatable bonds is 3. The van der Waals surface area contributed by atoms with Crippen LogP contribution in [0, 0.1) is 17.8 Å². The summed E-state index contributed by atoms with van der Waals surface area (Å²) >= 11 is 0. The average molecular weight is 198 g/mol. The Kier molecular flexibility index (Phi) is 3.67. The minimum Gasteiger partial charge on any atom is -0.465 e. The minimum atomic E-state index is -0.491. The number of carbonyl (C=O) groups is 2. The standard InChI is InChI=1S/C11H18O3/c1-4-14-11(13)10-8(7(2)3)5-6-9(10)12/h7-8,10H,4-6H2,1-3H3/t8-,10-/m1/s1. The molecule has 1 rings (SSSR count). The Balaban J connectivity index is 2.71. The van der Waals surface area contributed by atoms with Crippen LogP contribution < -0.4 is 0 Å². The Labute approximate surface area is 84.8 Å². The van der Waals surface area contributed by atoms with Gasteiger partial charge in [0.15, 0.2) is 0 Å². The van der Waals surface area contributed by atoms with Crippen molar-refractivity contribution in [2.45, 2.75) is 33.6 Å². The van der Waals surface area contributed by atoms with Gasteiger partial charge in [-0.05, 0) is 25.2 Å². The maximum atomic E-state index is 11.5. The van der Waals surface area contributed by atoms with E-state index in [1.54, 1.807) is 6.92 Å². The highest BCUT2D eigenvalue weighted by Gasteiger charge is 2.42. The van der Waals surface area contributed by atoms with Crippen LogP contribution in [0.1, 0.15) is 33.6 Å². The number of Topliss-reactive ketones (excluding diaryl/α,β-unsaturated/α-hetero) is 1. The molecule has 2 atom stereocenters. The molecule has 0 spiro atoms. The first-order valence-electron chi connectivity index (χ1n) is 5.27. The van der Waals surface area contributed by atoms with Gasteiger partial charge in [-0.25, -0.2) is 0 Å². The van der Waals surface area contributed by atoms with Crippen molar-refractivity contribution in [3.8, 4) is 0 Å². The zero-order valence-corrected chi connectivity index (χ0v) is 9.08. The molecular weight excluding hydrogens is 180 g/mol. The van der Waals surface area contributed by atoms with Gasteiger partial charge in [0.05, 0.1) is 6.61 Å². The van der Waals surface area contributed by atoms with E-state index in [1.165, 1.54) is 0 Å². The smallest absolute Gasteiger partial charge is 0.316 e. The lowest BCUT2D eigenvalue weighted by molar-refractivity contribution is -0.152. The molecule has 1 saturated carbocycles. The van der Waals surface area contributed by atoms with E-state index in [-0.39, 0.29) is 17.7 Å². The summed E-state index contributed by atoms with van der Waals surface area (Å²) in [4.78, 5) is 23.0. The highest BCUT2D eigenvalue weighted by molar-refractivity contribution is 6.00. The average Bonchev–Trinajstić information content (AvgIpc) is 2.47. The molecule has 80 valence electrons. The molecule has 0 heterocycles. The van der Waals surface area contributed by atoms with E-state index in [2.05, 4.69) is 13.8 Å². The van der Waals surface area contributed by atoms with Crippen LogP contribution in [0.25, 0.3) is 0 Å². The van der Waals surface area contributed by atoms with E-state index in [9.17, 15) is 9.59 Å². The lowest BCUT2D eigenvalue weighted by Crippen LogP contribution is -2.29. The van der Waals surface area contributed by atoms with Gasteiger partial charge in [0.25, 0.3) is 0 Å². The minimum absolute atomic E-state index is 0.0575. The van der Waals surface area contributed by atoms with Crippen molar-refractivity contribution in [1.29, 1.82) is 0 Å². The van der Waals surface area contributed by atoms with Crippen LogP contribution in [0.2, 0.25) is 0 Å². The van der Waals surface area contributed by atoms with Crippen molar-refractivity contribution in [2.24, 2.45) is 17.8 Å². The third-order valence-corrected chi connectivity index (χ3v) is 2.90. The van der Waals surface area contributed by atoms with Gasteiger partial charge in [-0.15, -0.1) is 0 Å². The zero-order chi connectivity index (χ0) is 10.7. The Morgan fingerprint density at radius 2 is 2.21 bits per heavy atom. The van der Waals surface area contributed by atoms with E-state index >= 15 is 0 Å². The molecule has 0 aromatic carbocycles. The van der Waals surface area contributed by atoms with Crippen LogP contribution in [0.5, 0.6) is 0 Å². The first-order valence-corrected chi connectivity index (χ1v) is 5.27. The maximum absolute atomic E-state index is 11.5. The maximum Gasteiger partial charge on any atom is 0.316 e. The molecule has 0 radical (unpaired) electrons. The fraction of sp³-hybridized carbons (Fsp3) is 0.818. The van der Waals surface area contributed by atoms with Crippen molar-refractivity contribution < 1.29 is 14.3 Å². The SMILES string of the molecule is CCOC(=O)[C@H]1C(=O)CC[C@@H]1C(C)C. The molecule has 0 unspecified atom stereocenters. The number of ether oxygens (including phenoxy) is 1. The first kappa shape index (κ1) is 11.2. The monoisotopic (exact) mass is 198 g/mol. The van der Waals surface area contributed by atoms with Gasteiger partial charge >= 0.3 is 5.97 Å². The quantitative estimate of drug-likeness (QED) is 0.513. The van der Waals surface area contributed by atoms with Gasteiger partial charge in [-0.3, -0.25) is 9.59 Å². The lowest BCUT2D eigenvalue weighted by Gasteiger charge is -2.19. The molecular formula is C11H18O3. The van der Waals surface area contributed by atoms with E-state index in [4.69, 9.17) is 4.74 Å². The van der Waals surface area contributed by atoms with Crippen LogP contribution in [-0.2, 0) is 14.3 Å². The highest BCUT2D eigenvalue weighted by atomic mass is 16.5. The summed E-state index contributed by atoms with van der Waals surface area (Å²) in [6.45, 7) is 6.22. The summed E-state index contributed by atoms with van der Waals surface area (Å²) < 4.78 is 4.92. The summed E-state index contributed by atoms with van der Waals surface area (Å²) in [7, 11) is 0. The van der Waals surface area contributed by atoms with E-state index in [0.717, 1.165) is 6.42 Å². The summed E-state index contributed by atoms with van der Waals surface area (Å²) in [5, 5.41) is 0. The van der Waals surface area contributed by atoms with Crippen molar-refractivity contribution in [3.05, 3.63) is 0 Å². The number of esters is 1. The molecule has 0 aromatic rings. The fourth-order valence-electron chi connectivity index (χ4n) is 2.13. The number of carbonyl (C=O) groups excluding carboxylic acids is 2.